The molecule has 0 radical (unpaired) electrons. The van der Waals surface area contributed by atoms with Crippen LogP contribution in [-0.4, -0.2) is 0 Å². The van der Waals surface area contributed by atoms with E-state index in [1.165, 1.54) is 32.1 Å². The van der Waals surface area contributed by atoms with Crippen molar-refractivity contribution in [3.8, 4) is 0 Å². The lowest BCUT2D eigenvalue weighted by Gasteiger charge is -2.38. The lowest BCUT2D eigenvalue weighted by Crippen LogP contribution is -2.27. The van der Waals surface area contributed by atoms with Gasteiger partial charge in [-0.2, -0.15) is 0 Å². The van der Waals surface area contributed by atoms with E-state index in [1.54, 1.807) is 5.57 Å². The fraction of sp³-hybridized carbons (Fsp3) is 0.846. The van der Waals surface area contributed by atoms with Gasteiger partial charge in [0.2, 0.25) is 0 Å². The summed E-state index contributed by atoms with van der Waals surface area (Å²) < 4.78 is 0. The van der Waals surface area contributed by atoms with E-state index < -0.39 is 0 Å². The van der Waals surface area contributed by atoms with E-state index >= 15 is 0 Å². The third kappa shape index (κ3) is 2.36. The predicted molar refractivity (Wildman–Crippen MR) is 59.8 cm³/mol. The molecule has 13 heavy (non-hydrogen) atoms. The van der Waals surface area contributed by atoms with Crippen LogP contribution in [0.5, 0.6) is 0 Å². The van der Waals surface area contributed by atoms with Gasteiger partial charge in [-0.1, -0.05) is 44.8 Å². The van der Waals surface area contributed by atoms with Crippen LogP contribution in [0.4, 0.5) is 0 Å². The SMILES string of the molecule is C/C=C(\C)C(C)(C)C1CCCCC1. The minimum atomic E-state index is 0.440. The normalized spacial score (nSPS) is 22.0. The molecular weight excluding hydrogens is 156 g/mol. The molecule has 0 saturated heterocycles. The van der Waals surface area contributed by atoms with Gasteiger partial charge in [0, 0.05) is 0 Å². The molecule has 0 nitrogen and oxygen atoms in total. The van der Waals surface area contributed by atoms with Gasteiger partial charge in [-0.25, -0.2) is 0 Å². The van der Waals surface area contributed by atoms with Gasteiger partial charge in [0.1, 0.15) is 0 Å². The van der Waals surface area contributed by atoms with Crippen LogP contribution in [0.15, 0.2) is 11.6 Å². The first kappa shape index (κ1) is 10.8. The first-order valence-corrected chi connectivity index (χ1v) is 5.72. The molecule has 0 amide bonds. The summed E-state index contributed by atoms with van der Waals surface area (Å²) in [6.45, 7) is 9.28. The molecule has 1 rings (SSSR count). The maximum absolute atomic E-state index is 2.42. The molecule has 0 heterocycles. The third-order valence-corrected chi connectivity index (χ3v) is 4.08. The molecule has 0 atom stereocenters. The van der Waals surface area contributed by atoms with Gasteiger partial charge in [0.05, 0.1) is 0 Å². The Kier molecular flexibility index (Phi) is 3.58. The van der Waals surface area contributed by atoms with Gasteiger partial charge in [0.15, 0.2) is 0 Å². The summed E-state index contributed by atoms with van der Waals surface area (Å²) in [5.41, 5.74) is 2.01. The molecule has 0 bridgehead atoms. The Morgan fingerprint density at radius 1 is 1.15 bits per heavy atom. The van der Waals surface area contributed by atoms with Crippen molar-refractivity contribution < 1.29 is 0 Å². The molecule has 0 heteroatoms. The molecule has 1 aliphatic rings. The Morgan fingerprint density at radius 3 is 2.15 bits per heavy atom. The van der Waals surface area contributed by atoms with Crippen molar-refractivity contribution in [3.63, 3.8) is 0 Å². The molecule has 0 spiro atoms. The summed E-state index contributed by atoms with van der Waals surface area (Å²) in [6.07, 6.45) is 9.53. The highest BCUT2D eigenvalue weighted by Gasteiger charge is 2.31. The summed E-state index contributed by atoms with van der Waals surface area (Å²) in [6, 6.07) is 0. The Labute approximate surface area is 83.4 Å². The van der Waals surface area contributed by atoms with E-state index in [4.69, 9.17) is 0 Å². The average Bonchev–Trinajstić information content (AvgIpc) is 2.18. The van der Waals surface area contributed by atoms with E-state index in [0.717, 1.165) is 5.92 Å². The van der Waals surface area contributed by atoms with E-state index in [9.17, 15) is 0 Å². The van der Waals surface area contributed by atoms with Gasteiger partial charge in [-0.3, -0.25) is 0 Å². The predicted octanol–water partition coefficient (Wildman–Crippen LogP) is 4.56. The van der Waals surface area contributed by atoms with Crippen LogP contribution in [0.3, 0.4) is 0 Å². The molecule has 0 aromatic heterocycles. The highest BCUT2D eigenvalue weighted by Crippen LogP contribution is 2.42. The lowest BCUT2D eigenvalue weighted by molar-refractivity contribution is 0.197. The molecule has 0 aromatic carbocycles. The van der Waals surface area contributed by atoms with Gasteiger partial charge >= 0.3 is 0 Å². The topological polar surface area (TPSA) is 0 Å². The van der Waals surface area contributed by atoms with E-state index in [2.05, 4.69) is 33.8 Å². The molecule has 1 saturated carbocycles. The van der Waals surface area contributed by atoms with Crippen LogP contribution in [-0.2, 0) is 0 Å². The number of rotatable bonds is 2. The lowest BCUT2D eigenvalue weighted by atomic mass is 9.67. The van der Waals surface area contributed by atoms with Crippen molar-refractivity contribution in [2.45, 2.75) is 59.8 Å². The van der Waals surface area contributed by atoms with Crippen molar-refractivity contribution in [1.82, 2.24) is 0 Å². The largest absolute Gasteiger partial charge is 0.0882 e. The van der Waals surface area contributed by atoms with Crippen LogP contribution in [0.25, 0.3) is 0 Å². The van der Waals surface area contributed by atoms with Crippen LogP contribution >= 0.6 is 0 Å². The zero-order valence-electron chi connectivity index (χ0n) is 9.69. The van der Waals surface area contributed by atoms with Crippen LogP contribution in [0.1, 0.15) is 59.8 Å². The number of allylic oxidation sites excluding steroid dienone is 2. The molecule has 0 aliphatic heterocycles. The van der Waals surface area contributed by atoms with Gasteiger partial charge in [0.25, 0.3) is 0 Å². The van der Waals surface area contributed by atoms with Gasteiger partial charge in [-0.15, -0.1) is 0 Å². The second-order valence-corrected chi connectivity index (χ2v) is 5.03. The Balaban J connectivity index is 2.66. The number of hydrogen-bond donors (Lipinski definition) is 0. The van der Waals surface area contributed by atoms with E-state index in [0.29, 0.717) is 5.41 Å². The Hall–Kier alpha value is -0.260. The number of hydrogen-bond acceptors (Lipinski definition) is 0. The Bertz CT molecular complexity index is 180. The maximum atomic E-state index is 2.42. The second kappa shape index (κ2) is 4.30. The monoisotopic (exact) mass is 180 g/mol. The zero-order valence-corrected chi connectivity index (χ0v) is 9.69. The molecule has 0 unspecified atom stereocenters. The summed E-state index contributed by atoms with van der Waals surface area (Å²) >= 11 is 0. The summed E-state index contributed by atoms with van der Waals surface area (Å²) in [5, 5.41) is 0. The average molecular weight is 180 g/mol. The summed E-state index contributed by atoms with van der Waals surface area (Å²) in [5.74, 6) is 0.928. The standard InChI is InChI=1S/C13H24/c1-5-11(2)13(3,4)12-9-7-6-8-10-12/h5,12H,6-10H2,1-4H3/b11-5+. The quantitative estimate of drug-likeness (QED) is 0.546. The van der Waals surface area contributed by atoms with E-state index in [-0.39, 0.29) is 0 Å². The second-order valence-electron chi connectivity index (χ2n) is 5.03. The van der Waals surface area contributed by atoms with Crippen LogP contribution in [0, 0.1) is 11.3 Å². The highest BCUT2D eigenvalue weighted by atomic mass is 14.4. The first-order valence-electron chi connectivity index (χ1n) is 5.72. The van der Waals surface area contributed by atoms with Crippen LogP contribution in [0.2, 0.25) is 0 Å². The van der Waals surface area contributed by atoms with Gasteiger partial charge < -0.3 is 0 Å². The summed E-state index contributed by atoms with van der Waals surface area (Å²) in [4.78, 5) is 0. The van der Waals surface area contributed by atoms with Crippen molar-refractivity contribution in [2.24, 2.45) is 11.3 Å². The Morgan fingerprint density at radius 2 is 1.69 bits per heavy atom. The minimum absolute atomic E-state index is 0.440. The van der Waals surface area contributed by atoms with Crippen molar-refractivity contribution in [2.75, 3.05) is 0 Å². The van der Waals surface area contributed by atoms with Crippen molar-refractivity contribution in [3.05, 3.63) is 11.6 Å². The minimum Gasteiger partial charge on any atom is -0.0882 e. The highest BCUT2D eigenvalue weighted by molar-refractivity contribution is 5.10. The third-order valence-electron chi connectivity index (χ3n) is 4.08. The molecular formula is C13H24. The van der Waals surface area contributed by atoms with Gasteiger partial charge in [-0.05, 0) is 38.0 Å². The molecule has 0 aromatic rings. The smallest absolute Gasteiger partial charge is 0.0119 e. The molecule has 1 aliphatic carbocycles. The van der Waals surface area contributed by atoms with Crippen molar-refractivity contribution >= 4 is 0 Å². The van der Waals surface area contributed by atoms with Crippen molar-refractivity contribution in [1.29, 1.82) is 0 Å². The fourth-order valence-corrected chi connectivity index (χ4v) is 2.52. The molecule has 1 fully saturated rings. The molecule has 76 valence electrons. The maximum Gasteiger partial charge on any atom is -0.0119 e. The van der Waals surface area contributed by atoms with E-state index in [1.807, 2.05) is 0 Å². The summed E-state index contributed by atoms with van der Waals surface area (Å²) in [7, 11) is 0. The fourth-order valence-electron chi connectivity index (χ4n) is 2.52. The zero-order chi connectivity index (χ0) is 9.90. The van der Waals surface area contributed by atoms with Crippen LogP contribution < -0.4 is 0 Å². The first-order chi connectivity index (χ1) is 6.09. The molecule has 0 N–H and O–H groups in total.